The monoisotopic (exact) mass is 280 g/mol. The molecule has 2 N–H and O–H groups in total. The number of amides is 2. The summed E-state index contributed by atoms with van der Waals surface area (Å²) in [5.41, 5.74) is 0.947. The zero-order valence-corrected chi connectivity index (χ0v) is 12.0. The van der Waals surface area contributed by atoms with Crippen molar-refractivity contribution < 1.29 is 4.79 Å². The van der Waals surface area contributed by atoms with Gasteiger partial charge in [-0.25, -0.2) is 4.79 Å². The minimum atomic E-state index is -0.0979. The summed E-state index contributed by atoms with van der Waals surface area (Å²) in [6.07, 6.45) is 5.90. The number of urea groups is 1. The topological polar surface area (TPSA) is 41.1 Å². The van der Waals surface area contributed by atoms with Crippen LogP contribution >= 0.6 is 11.6 Å². The van der Waals surface area contributed by atoms with E-state index in [9.17, 15) is 4.79 Å². The highest BCUT2D eigenvalue weighted by molar-refractivity contribution is 6.31. The lowest BCUT2D eigenvalue weighted by Gasteiger charge is -2.24. The molecule has 1 fully saturated rings. The molecule has 0 saturated heterocycles. The van der Waals surface area contributed by atoms with Crippen LogP contribution in [0.3, 0.4) is 0 Å². The van der Waals surface area contributed by atoms with Gasteiger partial charge in [-0.05, 0) is 31.4 Å². The first-order valence-electron chi connectivity index (χ1n) is 6.98. The van der Waals surface area contributed by atoms with Crippen molar-refractivity contribution in [2.75, 3.05) is 0 Å². The summed E-state index contributed by atoms with van der Waals surface area (Å²) >= 11 is 6.12. The van der Waals surface area contributed by atoms with Crippen LogP contribution in [0.4, 0.5) is 4.79 Å². The van der Waals surface area contributed by atoms with Crippen LogP contribution in [0, 0.1) is 0 Å². The molecule has 0 heterocycles. The zero-order valence-electron chi connectivity index (χ0n) is 11.3. The van der Waals surface area contributed by atoms with Gasteiger partial charge in [-0.3, -0.25) is 0 Å². The number of hydrogen-bond acceptors (Lipinski definition) is 1. The fraction of sp³-hybridized carbons (Fsp3) is 0.533. The average molecular weight is 281 g/mol. The lowest BCUT2D eigenvalue weighted by atomic mass is 9.96. The van der Waals surface area contributed by atoms with Gasteiger partial charge in [-0.15, -0.1) is 0 Å². The molecular weight excluding hydrogens is 260 g/mol. The first-order valence-corrected chi connectivity index (χ1v) is 7.36. The van der Waals surface area contributed by atoms with Crippen molar-refractivity contribution in [2.45, 2.75) is 51.1 Å². The minimum Gasteiger partial charge on any atom is -0.335 e. The van der Waals surface area contributed by atoms with E-state index in [1.54, 1.807) is 0 Å². The Bertz CT molecular complexity index is 430. The number of carbonyl (C=O) groups excluding carboxylic acids is 1. The lowest BCUT2D eigenvalue weighted by molar-refractivity contribution is 0.229. The van der Waals surface area contributed by atoms with Crippen LogP contribution in [0.25, 0.3) is 0 Å². The first-order chi connectivity index (χ1) is 9.16. The van der Waals surface area contributed by atoms with Gasteiger partial charge in [0.1, 0.15) is 0 Å². The maximum absolute atomic E-state index is 11.9. The Balaban J connectivity index is 1.86. The fourth-order valence-corrected chi connectivity index (χ4v) is 2.87. The van der Waals surface area contributed by atoms with Gasteiger partial charge in [0.05, 0.1) is 6.04 Å². The molecule has 0 unspecified atom stereocenters. The van der Waals surface area contributed by atoms with E-state index in [2.05, 4.69) is 10.6 Å². The van der Waals surface area contributed by atoms with E-state index in [-0.39, 0.29) is 12.1 Å². The van der Waals surface area contributed by atoms with Crippen molar-refractivity contribution in [3.05, 3.63) is 34.9 Å². The molecule has 1 atom stereocenters. The van der Waals surface area contributed by atoms with E-state index >= 15 is 0 Å². The zero-order chi connectivity index (χ0) is 13.7. The first kappa shape index (κ1) is 14.2. The van der Waals surface area contributed by atoms with Crippen LogP contribution in [0.5, 0.6) is 0 Å². The molecule has 0 aromatic heterocycles. The number of hydrogen-bond donors (Lipinski definition) is 2. The van der Waals surface area contributed by atoms with Crippen LogP contribution in [0.1, 0.15) is 50.6 Å². The highest BCUT2D eigenvalue weighted by Gasteiger charge is 2.17. The van der Waals surface area contributed by atoms with E-state index in [1.165, 1.54) is 19.3 Å². The van der Waals surface area contributed by atoms with Crippen molar-refractivity contribution in [2.24, 2.45) is 0 Å². The van der Waals surface area contributed by atoms with E-state index in [0.29, 0.717) is 11.1 Å². The second-order valence-corrected chi connectivity index (χ2v) is 5.60. The maximum Gasteiger partial charge on any atom is 0.315 e. The standard InChI is InChI=1S/C15H21ClN2O/c1-11(13-9-5-6-10-14(13)16)17-15(19)18-12-7-3-2-4-8-12/h5-6,9-12H,2-4,7-8H2,1H3,(H2,17,18,19)/t11-/m0/s1. The molecule has 1 aromatic rings. The Morgan fingerprint density at radius 2 is 1.95 bits per heavy atom. The molecule has 0 radical (unpaired) electrons. The number of rotatable bonds is 3. The van der Waals surface area contributed by atoms with Crippen LogP contribution in [-0.2, 0) is 0 Å². The molecule has 0 aliphatic heterocycles. The number of halogens is 1. The summed E-state index contributed by atoms with van der Waals surface area (Å²) < 4.78 is 0. The van der Waals surface area contributed by atoms with Crippen LogP contribution in [-0.4, -0.2) is 12.1 Å². The highest BCUT2D eigenvalue weighted by atomic mass is 35.5. The molecule has 3 nitrogen and oxygen atoms in total. The van der Waals surface area contributed by atoms with Crippen molar-refractivity contribution in [1.82, 2.24) is 10.6 Å². The SMILES string of the molecule is C[C@H](NC(=O)NC1CCCCC1)c1ccccc1Cl. The third kappa shape index (κ3) is 4.13. The summed E-state index contributed by atoms with van der Waals surface area (Å²) in [7, 11) is 0. The van der Waals surface area contributed by atoms with Crippen molar-refractivity contribution in [3.8, 4) is 0 Å². The van der Waals surface area contributed by atoms with Crippen molar-refractivity contribution >= 4 is 17.6 Å². The molecule has 4 heteroatoms. The fourth-order valence-electron chi connectivity index (χ4n) is 2.57. The van der Waals surface area contributed by atoms with Crippen LogP contribution < -0.4 is 10.6 Å². The van der Waals surface area contributed by atoms with Gasteiger partial charge in [0, 0.05) is 11.1 Å². The second kappa shape index (κ2) is 6.80. The summed E-state index contributed by atoms with van der Waals surface area (Å²) in [6, 6.07) is 7.74. The van der Waals surface area contributed by atoms with Gasteiger partial charge in [0.15, 0.2) is 0 Å². The Morgan fingerprint density at radius 3 is 2.63 bits per heavy atom. The summed E-state index contributed by atoms with van der Waals surface area (Å²) in [4.78, 5) is 11.9. The molecule has 1 aromatic carbocycles. The summed E-state index contributed by atoms with van der Waals surface area (Å²) in [6.45, 7) is 1.95. The molecule has 0 spiro atoms. The second-order valence-electron chi connectivity index (χ2n) is 5.20. The van der Waals surface area contributed by atoms with E-state index < -0.39 is 0 Å². The molecule has 0 bridgehead atoms. The van der Waals surface area contributed by atoms with Gasteiger partial charge in [-0.1, -0.05) is 49.1 Å². The molecule has 104 valence electrons. The van der Waals surface area contributed by atoms with Gasteiger partial charge in [0.25, 0.3) is 0 Å². The Hall–Kier alpha value is -1.22. The minimum absolute atomic E-state index is 0.0858. The summed E-state index contributed by atoms with van der Waals surface area (Å²) in [5, 5.41) is 6.68. The molecule has 2 rings (SSSR count). The summed E-state index contributed by atoms with van der Waals surface area (Å²) in [5.74, 6) is 0. The van der Waals surface area contributed by atoms with E-state index in [4.69, 9.17) is 11.6 Å². The molecule has 1 aliphatic rings. The molecule has 19 heavy (non-hydrogen) atoms. The van der Waals surface area contributed by atoms with Crippen molar-refractivity contribution in [1.29, 1.82) is 0 Å². The van der Waals surface area contributed by atoms with Crippen LogP contribution in [0.2, 0.25) is 5.02 Å². The van der Waals surface area contributed by atoms with Crippen molar-refractivity contribution in [3.63, 3.8) is 0 Å². The Labute approximate surface area is 119 Å². The average Bonchev–Trinajstić information content (AvgIpc) is 2.40. The third-order valence-corrected chi connectivity index (χ3v) is 4.00. The number of nitrogens with one attached hydrogen (secondary N) is 2. The van der Waals surface area contributed by atoms with Gasteiger partial charge in [-0.2, -0.15) is 0 Å². The smallest absolute Gasteiger partial charge is 0.315 e. The lowest BCUT2D eigenvalue weighted by Crippen LogP contribution is -2.43. The van der Waals surface area contributed by atoms with Crippen LogP contribution in [0.15, 0.2) is 24.3 Å². The predicted molar refractivity (Wildman–Crippen MR) is 78.4 cm³/mol. The molecular formula is C15H21ClN2O. The van der Waals surface area contributed by atoms with Gasteiger partial charge < -0.3 is 10.6 Å². The normalized spacial score (nSPS) is 17.8. The molecule has 1 saturated carbocycles. The van der Waals surface area contributed by atoms with E-state index in [1.807, 2.05) is 31.2 Å². The largest absolute Gasteiger partial charge is 0.335 e. The quantitative estimate of drug-likeness (QED) is 0.862. The predicted octanol–water partition coefficient (Wildman–Crippen LogP) is 4.03. The maximum atomic E-state index is 11.9. The Kier molecular flexibility index (Phi) is 5.08. The number of carbonyl (C=O) groups is 1. The highest BCUT2D eigenvalue weighted by Crippen LogP contribution is 2.22. The van der Waals surface area contributed by atoms with E-state index in [0.717, 1.165) is 18.4 Å². The Morgan fingerprint density at radius 1 is 1.26 bits per heavy atom. The third-order valence-electron chi connectivity index (χ3n) is 3.66. The molecule has 2 amide bonds. The number of benzene rings is 1. The van der Waals surface area contributed by atoms with Gasteiger partial charge >= 0.3 is 6.03 Å². The van der Waals surface area contributed by atoms with Gasteiger partial charge in [0.2, 0.25) is 0 Å². The molecule has 1 aliphatic carbocycles.